The number of carbonyl (C=O) groups excluding carboxylic acids is 1. The Morgan fingerprint density at radius 3 is 2.45 bits per heavy atom. The predicted octanol–water partition coefficient (Wildman–Crippen LogP) is 5.28. The highest BCUT2D eigenvalue weighted by atomic mass is 16.5. The molecule has 0 aromatic rings. The van der Waals surface area contributed by atoms with E-state index in [1.54, 1.807) is 0 Å². The maximum Gasteiger partial charge on any atom is 0.302 e. The third kappa shape index (κ3) is 3.68. The predicted molar refractivity (Wildman–Crippen MR) is 91.6 cm³/mol. The van der Waals surface area contributed by atoms with Crippen LogP contribution in [0.3, 0.4) is 0 Å². The zero-order valence-corrected chi connectivity index (χ0v) is 14.3. The highest BCUT2D eigenvalue weighted by Crippen LogP contribution is 2.36. The van der Waals surface area contributed by atoms with Crippen LogP contribution in [0.15, 0.2) is 30.3 Å². The second-order valence-electron chi connectivity index (χ2n) is 6.46. The van der Waals surface area contributed by atoms with E-state index in [0.717, 1.165) is 6.42 Å². The van der Waals surface area contributed by atoms with Crippen LogP contribution in [0.1, 0.15) is 62.6 Å². The lowest BCUT2D eigenvalue weighted by molar-refractivity contribution is -0.141. The minimum Gasteiger partial charge on any atom is -0.466 e. The first kappa shape index (κ1) is 16.5. The second-order valence-corrected chi connectivity index (χ2v) is 6.46. The van der Waals surface area contributed by atoms with Gasteiger partial charge in [0.05, 0.1) is 6.61 Å². The number of carbonyl (C=O) groups is 1. The number of esters is 1. The molecule has 0 heterocycles. The molecule has 0 N–H and O–H groups in total. The van der Waals surface area contributed by atoms with Gasteiger partial charge >= 0.3 is 5.97 Å². The van der Waals surface area contributed by atoms with E-state index in [0.29, 0.717) is 18.4 Å². The minimum absolute atomic E-state index is 0.206. The van der Waals surface area contributed by atoms with Gasteiger partial charge in [0.2, 0.25) is 0 Å². The Labute approximate surface area is 133 Å². The SMILES string of the molecule is CC(=O)OCCC(C)c1ccc(C(C)C)cc2c(C)ccc1-2. The molecule has 2 aliphatic carbocycles. The van der Waals surface area contributed by atoms with Crippen LogP contribution in [-0.2, 0) is 9.53 Å². The molecule has 0 spiro atoms. The van der Waals surface area contributed by atoms with Crippen LogP contribution in [0, 0.1) is 6.92 Å². The fourth-order valence-electron chi connectivity index (χ4n) is 2.86. The monoisotopic (exact) mass is 298 g/mol. The second kappa shape index (κ2) is 6.95. The Balaban J connectivity index is 2.34. The number of fused-ring (bicyclic) bond motifs is 1. The lowest BCUT2D eigenvalue weighted by Gasteiger charge is -2.14. The van der Waals surface area contributed by atoms with Gasteiger partial charge in [-0.05, 0) is 53.0 Å². The molecule has 0 saturated heterocycles. The Morgan fingerprint density at radius 2 is 1.82 bits per heavy atom. The normalized spacial score (nSPS) is 12.6. The zero-order chi connectivity index (χ0) is 16.3. The van der Waals surface area contributed by atoms with Crippen LogP contribution in [0.25, 0.3) is 11.1 Å². The van der Waals surface area contributed by atoms with Crippen LogP contribution >= 0.6 is 0 Å². The van der Waals surface area contributed by atoms with Crippen molar-refractivity contribution in [3.05, 3.63) is 47.0 Å². The van der Waals surface area contributed by atoms with Gasteiger partial charge in [0, 0.05) is 6.92 Å². The molecule has 22 heavy (non-hydrogen) atoms. The summed E-state index contributed by atoms with van der Waals surface area (Å²) in [6.07, 6.45) is 0.847. The lowest BCUT2D eigenvalue weighted by Crippen LogP contribution is -2.04. The molecule has 0 bridgehead atoms. The van der Waals surface area contributed by atoms with Crippen LogP contribution in [0.2, 0.25) is 0 Å². The Morgan fingerprint density at radius 1 is 1.09 bits per heavy atom. The van der Waals surface area contributed by atoms with E-state index in [2.05, 4.69) is 58.0 Å². The summed E-state index contributed by atoms with van der Waals surface area (Å²) in [5.41, 5.74) is 6.67. The van der Waals surface area contributed by atoms with E-state index in [1.165, 1.54) is 34.7 Å². The lowest BCUT2D eigenvalue weighted by atomic mass is 9.93. The number of rotatable bonds is 5. The Kier molecular flexibility index (Phi) is 5.23. The number of hydrogen-bond donors (Lipinski definition) is 0. The zero-order valence-electron chi connectivity index (χ0n) is 14.3. The maximum absolute atomic E-state index is 10.9. The van der Waals surface area contributed by atoms with Crippen molar-refractivity contribution in [3.63, 3.8) is 0 Å². The molecular formula is C20H26O2. The molecule has 2 heteroatoms. The van der Waals surface area contributed by atoms with Gasteiger partial charge in [-0.1, -0.05) is 51.1 Å². The molecule has 2 aliphatic rings. The van der Waals surface area contributed by atoms with Gasteiger partial charge in [-0.15, -0.1) is 0 Å². The summed E-state index contributed by atoms with van der Waals surface area (Å²) in [6, 6.07) is 11.2. The summed E-state index contributed by atoms with van der Waals surface area (Å²) >= 11 is 0. The van der Waals surface area contributed by atoms with Gasteiger partial charge in [0.15, 0.2) is 0 Å². The summed E-state index contributed by atoms with van der Waals surface area (Å²) < 4.78 is 5.10. The molecule has 0 aliphatic heterocycles. The van der Waals surface area contributed by atoms with Crippen LogP contribution in [0.4, 0.5) is 0 Å². The van der Waals surface area contributed by atoms with Crippen molar-refractivity contribution in [2.45, 2.75) is 52.9 Å². The highest BCUT2D eigenvalue weighted by molar-refractivity contribution is 5.74. The summed E-state index contributed by atoms with van der Waals surface area (Å²) in [5, 5.41) is 0. The van der Waals surface area contributed by atoms with Gasteiger partial charge in [0.1, 0.15) is 0 Å². The smallest absolute Gasteiger partial charge is 0.302 e. The van der Waals surface area contributed by atoms with Crippen molar-refractivity contribution in [3.8, 4) is 11.1 Å². The number of ether oxygens (including phenoxy) is 1. The first-order valence-corrected chi connectivity index (χ1v) is 8.06. The molecule has 0 radical (unpaired) electrons. The quantitative estimate of drug-likeness (QED) is 0.702. The molecule has 0 aromatic heterocycles. The molecule has 118 valence electrons. The van der Waals surface area contributed by atoms with Crippen molar-refractivity contribution in [2.24, 2.45) is 0 Å². The molecule has 0 fully saturated rings. The standard InChI is InChI=1S/C20H26O2/c1-13(2)17-7-9-18(15(4)10-11-22-16(5)21)19-8-6-14(3)20(19)12-17/h6-9,12-13,15H,10-11H2,1-5H3. The third-order valence-electron chi connectivity index (χ3n) is 4.35. The van der Waals surface area contributed by atoms with Gasteiger partial charge in [-0.3, -0.25) is 4.79 Å². The molecule has 0 amide bonds. The van der Waals surface area contributed by atoms with Crippen molar-refractivity contribution in [1.29, 1.82) is 0 Å². The topological polar surface area (TPSA) is 26.3 Å². The fourth-order valence-corrected chi connectivity index (χ4v) is 2.86. The Bertz CT molecular complexity index is 628. The maximum atomic E-state index is 10.9. The van der Waals surface area contributed by atoms with E-state index in [-0.39, 0.29) is 5.97 Å². The average Bonchev–Trinajstić information content (AvgIpc) is 2.69. The van der Waals surface area contributed by atoms with E-state index < -0.39 is 0 Å². The van der Waals surface area contributed by atoms with E-state index in [1.807, 2.05) is 0 Å². The molecule has 2 rings (SSSR count). The van der Waals surface area contributed by atoms with Crippen molar-refractivity contribution in [2.75, 3.05) is 6.61 Å². The van der Waals surface area contributed by atoms with Gasteiger partial charge < -0.3 is 4.74 Å². The van der Waals surface area contributed by atoms with Crippen LogP contribution < -0.4 is 0 Å². The Hall–Kier alpha value is -1.83. The van der Waals surface area contributed by atoms with Crippen molar-refractivity contribution < 1.29 is 9.53 Å². The van der Waals surface area contributed by atoms with Gasteiger partial charge in [0.25, 0.3) is 0 Å². The molecular weight excluding hydrogens is 272 g/mol. The third-order valence-corrected chi connectivity index (χ3v) is 4.35. The van der Waals surface area contributed by atoms with E-state index in [4.69, 9.17) is 4.74 Å². The minimum atomic E-state index is -0.206. The average molecular weight is 298 g/mol. The summed E-state index contributed by atoms with van der Waals surface area (Å²) in [5.74, 6) is 0.660. The van der Waals surface area contributed by atoms with Crippen molar-refractivity contribution in [1.82, 2.24) is 0 Å². The van der Waals surface area contributed by atoms with Crippen molar-refractivity contribution >= 4 is 5.97 Å². The van der Waals surface area contributed by atoms with Gasteiger partial charge in [-0.2, -0.15) is 0 Å². The van der Waals surface area contributed by atoms with Crippen LogP contribution in [0.5, 0.6) is 0 Å². The highest BCUT2D eigenvalue weighted by Gasteiger charge is 2.16. The summed E-state index contributed by atoms with van der Waals surface area (Å²) in [6.45, 7) is 10.8. The first-order chi connectivity index (χ1) is 10.4. The summed E-state index contributed by atoms with van der Waals surface area (Å²) in [4.78, 5) is 10.9. The molecule has 2 nitrogen and oxygen atoms in total. The molecule has 0 saturated carbocycles. The first-order valence-electron chi connectivity index (χ1n) is 8.06. The van der Waals surface area contributed by atoms with E-state index in [9.17, 15) is 4.79 Å². The van der Waals surface area contributed by atoms with E-state index >= 15 is 0 Å². The molecule has 1 unspecified atom stereocenters. The number of hydrogen-bond acceptors (Lipinski definition) is 2. The van der Waals surface area contributed by atoms with Gasteiger partial charge in [-0.25, -0.2) is 0 Å². The van der Waals surface area contributed by atoms with Crippen LogP contribution in [-0.4, -0.2) is 12.6 Å². The largest absolute Gasteiger partial charge is 0.466 e. The fraction of sp³-hybridized carbons (Fsp3) is 0.450. The summed E-state index contributed by atoms with van der Waals surface area (Å²) in [7, 11) is 0. The molecule has 0 aromatic carbocycles. The number of aryl methyl sites for hydroxylation is 1. The molecule has 1 atom stereocenters.